The zero-order valence-electron chi connectivity index (χ0n) is 9.47. The van der Waals surface area contributed by atoms with Crippen LogP contribution < -0.4 is 0 Å². The number of aryl methyl sites for hydroxylation is 1. The highest BCUT2D eigenvalue weighted by atomic mass is 79.9. The van der Waals surface area contributed by atoms with Crippen LogP contribution in [0, 0.1) is 6.92 Å². The predicted octanol–water partition coefficient (Wildman–Crippen LogP) is 1.96. The molecule has 4 nitrogen and oxygen atoms in total. The second-order valence-electron chi connectivity index (χ2n) is 4.22. The van der Waals surface area contributed by atoms with Crippen molar-refractivity contribution in [1.29, 1.82) is 0 Å². The van der Waals surface area contributed by atoms with Crippen molar-refractivity contribution in [2.75, 3.05) is 12.4 Å². The minimum Gasteiger partial charge on any atom is -0.336 e. The molecule has 1 amide bonds. The first-order valence-corrected chi connectivity index (χ1v) is 5.86. The van der Waals surface area contributed by atoms with Crippen molar-refractivity contribution >= 4 is 21.8 Å². The van der Waals surface area contributed by atoms with Gasteiger partial charge in [0.1, 0.15) is 0 Å². The van der Waals surface area contributed by atoms with Gasteiger partial charge in [0.2, 0.25) is 0 Å². The molecule has 1 heterocycles. The maximum Gasteiger partial charge on any atom is 0.257 e. The Kier molecular flexibility index (Phi) is 3.54. The van der Waals surface area contributed by atoms with E-state index in [1.54, 1.807) is 18.1 Å². The van der Waals surface area contributed by atoms with Gasteiger partial charge in [-0.2, -0.15) is 5.10 Å². The first-order valence-electron chi connectivity index (χ1n) is 4.74. The molecule has 15 heavy (non-hydrogen) atoms. The van der Waals surface area contributed by atoms with E-state index < -0.39 is 0 Å². The third-order valence-corrected chi connectivity index (χ3v) is 3.97. The van der Waals surface area contributed by atoms with E-state index in [0.29, 0.717) is 5.56 Å². The van der Waals surface area contributed by atoms with Gasteiger partial charge < -0.3 is 4.90 Å². The van der Waals surface area contributed by atoms with E-state index >= 15 is 0 Å². The Balaban J connectivity index is 2.92. The number of carbonyl (C=O) groups excluding carboxylic acids is 1. The molecular formula is C10H16BrN3O. The van der Waals surface area contributed by atoms with Gasteiger partial charge in [-0.15, -0.1) is 0 Å². The first-order chi connectivity index (χ1) is 6.90. The molecule has 0 atom stereocenters. The number of nitrogens with one attached hydrogen (secondary N) is 1. The van der Waals surface area contributed by atoms with Crippen molar-refractivity contribution in [3.05, 3.63) is 17.5 Å². The molecule has 1 aromatic heterocycles. The normalized spacial score (nSPS) is 11.5. The Bertz CT molecular complexity index is 359. The summed E-state index contributed by atoms with van der Waals surface area (Å²) < 4.78 is 0. The lowest BCUT2D eigenvalue weighted by Gasteiger charge is -2.34. The molecule has 0 unspecified atom stereocenters. The van der Waals surface area contributed by atoms with Gasteiger partial charge in [-0.05, 0) is 20.8 Å². The Morgan fingerprint density at radius 3 is 2.67 bits per heavy atom. The molecule has 84 valence electrons. The number of carbonyl (C=O) groups is 1. The molecule has 1 rings (SSSR count). The first kappa shape index (κ1) is 12.2. The van der Waals surface area contributed by atoms with Crippen molar-refractivity contribution in [2.24, 2.45) is 0 Å². The zero-order chi connectivity index (χ0) is 11.6. The van der Waals surface area contributed by atoms with Crippen LogP contribution in [0.25, 0.3) is 0 Å². The van der Waals surface area contributed by atoms with E-state index in [2.05, 4.69) is 26.1 Å². The molecule has 0 aliphatic heterocycles. The Morgan fingerprint density at radius 1 is 1.67 bits per heavy atom. The lowest BCUT2D eigenvalue weighted by molar-refractivity contribution is 0.0663. The van der Waals surface area contributed by atoms with E-state index in [9.17, 15) is 4.79 Å². The minimum absolute atomic E-state index is 0.00861. The highest BCUT2D eigenvalue weighted by molar-refractivity contribution is 9.09. The number of rotatable bonds is 3. The van der Waals surface area contributed by atoms with Crippen molar-refractivity contribution in [3.8, 4) is 0 Å². The fourth-order valence-corrected chi connectivity index (χ4v) is 1.49. The number of nitrogens with zero attached hydrogens (tertiary/aromatic N) is 2. The van der Waals surface area contributed by atoms with Crippen LogP contribution in [-0.2, 0) is 0 Å². The van der Waals surface area contributed by atoms with Gasteiger partial charge in [-0.3, -0.25) is 9.89 Å². The maximum atomic E-state index is 12.1. The molecule has 0 aromatic carbocycles. The number of hydrogen-bond acceptors (Lipinski definition) is 2. The molecule has 0 fully saturated rings. The summed E-state index contributed by atoms with van der Waals surface area (Å²) in [6.45, 7) is 5.86. The van der Waals surface area contributed by atoms with Crippen molar-refractivity contribution in [3.63, 3.8) is 0 Å². The number of aromatic nitrogens is 2. The highest BCUT2D eigenvalue weighted by Crippen LogP contribution is 2.18. The topological polar surface area (TPSA) is 49.0 Å². The largest absolute Gasteiger partial charge is 0.336 e. The van der Waals surface area contributed by atoms with Crippen LogP contribution in [0.2, 0.25) is 0 Å². The molecule has 0 saturated heterocycles. The van der Waals surface area contributed by atoms with Gasteiger partial charge in [0.05, 0.1) is 11.8 Å². The van der Waals surface area contributed by atoms with E-state index in [4.69, 9.17) is 0 Å². The van der Waals surface area contributed by atoms with E-state index in [-0.39, 0.29) is 11.4 Å². The maximum absolute atomic E-state index is 12.1. The summed E-state index contributed by atoms with van der Waals surface area (Å²) in [5, 5.41) is 7.35. The second kappa shape index (κ2) is 4.35. The zero-order valence-corrected chi connectivity index (χ0v) is 11.1. The number of aromatic amines is 1. The molecule has 0 aliphatic rings. The smallest absolute Gasteiger partial charge is 0.257 e. The molecule has 1 aromatic rings. The van der Waals surface area contributed by atoms with Gasteiger partial charge in [0, 0.05) is 23.6 Å². The van der Waals surface area contributed by atoms with Crippen LogP contribution in [0.15, 0.2) is 6.20 Å². The Hall–Kier alpha value is -0.840. The third kappa shape index (κ3) is 2.40. The monoisotopic (exact) mass is 273 g/mol. The molecule has 5 heteroatoms. The second-order valence-corrected chi connectivity index (χ2v) is 4.78. The Morgan fingerprint density at radius 2 is 2.27 bits per heavy atom. The van der Waals surface area contributed by atoms with Crippen LogP contribution in [0.1, 0.15) is 29.9 Å². The fourth-order valence-electron chi connectivity index (χ4n) is 1.11. The van der Waals surface area contributed by atoms with Crippen molar-refractivity contribution in [1.82, 2.24) is 15.1 Å². The summed E-state index contributed by atoms with van der Waals surface area (Å²) in [6, 6.07) is 0. The van der Waals surface area contributed by atoms with Gasteiger partial charge >= 0.3 is 0 Å². The average Bonchev–Trinajstić information content (AvgIpc) is 2.62. The summed E-state index contributed by atoms with van der Waals surface area (Å²) in [5.74, 6) is -0.00861. The molecule has 0 aliphatic carbocycles. The van der Waals surface area contributed by atoms with Gasteiger partial charge in [0.25, 0.3) is 5.91 Å². The number of hydrogen-bond donors (Lipinski definition) is 1. The van der Waals surface area contributed by atoms with E-state index in [0.717, 1.165) is 11.0 Å². The molecule has 0 radical (unpaired) electrons. The van der Waals surface area contributed by atoms with Crippen LogP contribution in [0.3, 0.4) is 0 Å². The van der Waals surface area contributed by atoms with Gasteiger partial charge in [0.15, 0.2) is 0 Å². The lowest BCUT2D eigenvalue weighted by Crippen LogP contribution is -2.46. The third-order valence-electron chi connectivity index (χ3n) is 2.60. The number of H-pyrrole nitrogens is 1. The average molecular weight is 274 g/mol. The molecular weight excluding hydrogens is 258 g/mol. The van der Waals surface area contributed by atoms with Crippen LogP contribution in [0.4, 0.5) is 0 Å². The Labute approximate surface area is 98.2 Å². The quantitative estimate of drug-likeness (QED) is 0.856. The summed E-state index contributed by atoms with van der Waals surface area (Å²) in [6.07, 6.45) is 1.57. The predicted molar refractivity (Wildman–Crippen MR) is 63.3 cm³/mol. The summed E-state index contributed by atoms with van der Waals surface area (Å²) in [4.78, 5) is 13.8. The summed E-state index contributed by atoms with van der Waals surface area (Å²) in [5.41, 5.74) is 1.23. The fraction of sp³-hybridized carbons (Fsp3) is 0.600. The van der Waals surface area contributed by atoms with Gasteiger partial charge in [-0.25, -0.2) is 0 Å². The van der Waals surface area contributed by atoms with E-state index in [1.165, 1.54) is 0 Å². The van der Waals surface area contributed by atoms with Crippen LogP contribution >= 0.6 is 15.9 Å². The number of alkyl halides is 1. The van der Waals surface area contributed by atoms with Gasteiger partial charge in [-0.1, -0.05) is 15.9 Å². The van der Waals surface area contributed by atoms with Crippen molar-refractivity contribution < 1.29 is 4.79 Å². The number of amides is 1. The molecule has 0 bridgehead atoms. The molecule has 0 saturated carbocycles. The summed E-state index contributed by atoms with van der Waals surface area (Å²) >= 11 is 3.40. The van der Waals surface area contributed by atoms with E-state index in [1.807, 2.05) is 20.8 Å². The minimum atomic E-state index is -0.208. The summed E-state index contributed by atoms with van der Waals surface area (Å²) in [7, 11) is 1.80. The van der Waals surface area contributed by atoms with Crippen LogP contribution in [0.5, 0.6) is 0 Å². The van der Waals surface area contributed by atoms with Crippen LogP contribution in [-0.4, -0.2) is 38.9 Å². The SMILES string of the molecule is Cc1[nH]ncc1C(=O)N(C)C(C)(C)CBr. The van der Waals surface area contributed by atoms with Crippen molar-refractivity contribution in [2.45, 2.75) is 26.3 Å². The standard InChI is InChI=1S/C10H16BrN3O/c1-7-8(5-12-13-7)9(15)14(4)10(2,3)6-11/h5H,6H2,1-4H3,(H,12,13). The molecule has 0 spiro atoms. The molecule has 1 N–H and O–H groups in total. The lowest BCUT2D eigenvalue weighted by atomic mass is 10.1. The number of halogens is 1. The highest BCUT2D eigenvalue weighted by Gasteiger charge is 2.28.